The third-order valence-electron chi connectivity index (χ3n) is 2.93. The normalized spacial score (nSPS) is 11.4. The summed E-state index contributed by atoms with van der Waals surface area (Å²) in [6.45, 7) is 3.51. The quantitative estimate of drug-likeness (QED) is 0.861. The average Bonchev–Trinajstić information content (AvgIpc) is 2.38. The lowest BCUT2D eigenvalue weighted by atomic mass is 10.2. The number of anilines is 1. The highest BCUT2D eigenvalue weighted by atomic mass is 79.9. The number of aromatic nitrogens is 2. The summed E-state index contributed by atoms with van der Waals surface area (Å²) < 4.78 is 27.5. The Kier molecular flexibility index (Phi) is 4.48. The van der Waals surface area contributed by atoms with Crippen molar-refractivity contribution >= 4 is 31.9 Å². The van der Waals surface area contributed by atoms with E-state index in [1.807, 2.05) is 6.92 Å². The van der Waals surface area contributed by atoms with Crippen LogP contribution < -0.4 is 10.3 Å². The fourth-order valence-corrected chi connectivity index (χ4v) is 3.10. The Labute approximate surface area is 130 Å². The summed E-state index contributed by atoms with van der Waals surface area (Å²) in [4.78, 5) is 18.4. The largest absolute Gasteiger partial charge is 0.292 e. The van der Waals surface area contributed by atoms with Crippen molar-refractivity contribution in [1.82, 2.24) is 9.97 Å². The van der Waals surface area contributed by atoms with Gasteiger partial charge in [0.05, 0.1) is 4.90 Å². The number of rotatable bonds is 4. The van der Waals surface area contributed by atoms with Gasteiger partial charge in [-0.1, -0.05) is 22.9 Å². The maximum Gasteiger partial charge on any atom is 0.264 e. The number of benzene rings is 1. The zero-order valence-electron chi connectivity index (χ0n) is 11.5. The predicted molar refractivity (Wildman–Crippen MR) is 83.9 cm³/mol. The van der Waals surface area contributed by atoms with E-state index in [0.717, 1.165) is 4.47 Å². The molecule has 6 nitrogen and oxygen atoms in total. The van der Waals surface area contributed by atoms with Gasteiger partial charge in [-0.3, -0.25) is 9.78 Å². The maximum absolute atomic E-state index is 12.2. The number of nitrogens with zero attached hydrogens (tertiary/aromatic N) is 1. The lowest BCUT2D eigenvalue weighted by Gasteiger charge is -2.09. The highest BCUT2D eigenvalue weighted by Crippen LogP contribution is 2.16. The Balaban J connectivity index is 2.37. The lowest BCUT2D eigenvalue weighted by Crippen LogP contribution is -2.22. The van der Waals surface area contributed by atoms with E-state index in [1.165, 1.54) is 12.1 Å². The summed E-state index contributed by atoms with van der Waals surface area (Å²) >= 11 is 3.24. The average molecular weight is 372 g/mol. The summed E-state index contributed by atoms with van der Waals surface area (Å²) in [6, 6.07) is 6.15. The van der Waals surface area contributed by atoms with Crippen LogP contribution >= 0.6 is 15.9 Å². The van der Waals surface area contributed by atoms with Crippen LogP contribution in [-0.4, -0.2) is 18.4 Å². The second-order valence-corrected chi connectivity index (χ2v) is 6.99. The van der Waals surface area contributed by atoms with E-state index in [1.54, 1.807) is 19.1 Å². The minimum atomic E-state index is -3.79. The number of aromatic amines is 1. The van der Waals surface area contributed by atoms with Crippen molar-refractivity contribution < 1.29 is 8.42 Å². The number of hydrogen-bond donors (Lipinski definition) is 2. The van der Waals surface area contributed by atoms with Gasteiger partial charge >= 0.3 is 0 Å². The molecule has 0 saturated heterocycles. The van der Waals surface area contributed by atoms with Gasteiger partial charge in [-0.05, 0) is 37.6 Å². The molecule has 0 radical (unpaired) electrons. The molecule has 0 aliphatic carbocycles. The van der Waals surface area contributed by atoms with Crippen LogP contribution in [0.2, 0.25) is 0 Å². The van der Waals surface area contributed by atoms with Gasteiger partial charge in [-0.25, -0.2) is 18.1 Å². The third kappa shape index (κ3) is 3.51. The van der Waals surface area contributed by atoms with Crippen LogP contribution in [0.5, 0.6) is 0 Å². The number of H-pyrrole nitrogens is 1. The van der Waals surface area contributed by atoms with Crippen molar-refractivity contribution in [1.29, 1.82) is 0 Å². The van der Waals surface area contributed by atoms with Crippen LogP contribution in [0, 0.1) is 6.92 Å². The first-order valence-electron chi connectivity index (χ1n) is 6.21. The number of hydrogen-bond acceptors (Lipinski definition) is 4. The fraction of sp³-hybridized carbons (Fsp3) is 0.231. The molecule has 0 aliphatic heterocycles. The molecule has 21 heavy (non-hydrogen) atoms. The van der Waals surface area contributed by atoms with Crippen molar-refractivity contribution in [2.45, 2.75) is 25.2 Å². The monoisotopic (exact) mass is 371 g/mol. The molecule has 1 aromatic carbocycles. The molecule has 0 amide bonds. The van der Waals surface area contributed by atoms with Crippen molar-refractivity contribution in [3.8, 4) is 0 Å². The van der Waals surface area contributed by atoms with E-state index >= 15 is 0 Å². The smallest absolute Gasteiger partial charge is 0.264 e. The molecule has 0 saturated carbocycles. The number of sulfonamides is 1. The van der Waals surface area contributed by atoms with Gasteiger partial charge in [0.25, 0.3) is 15.6 Å². The first kappa shape index (κ1) is 15.7. The number of aryl methyl sites for hydroxylation is 1. The van der Waals surface area contributed by atoms with Crippen LogP contribution in [-0.2, 0) is 16.4 Å². The van der Waals surface area contributed by atoms with Crippen LogP contribution in [0.1, 0.15) is 18.2 Å². The standard InChI is InChI=1S/C13H14BrN3O3S/c1-3-11-8(2)15-13(16-12(11)18)17-21(19,20)10-6-4-9(14)5-7-10/h4-7H,3H2,1-2H3,(H2,15,16,17,18). The molecule has 1 aromatic heterocycles. The first-order chi connectivity index (χ1) is 9.83. The fourth-order valence-electron chi connectivity index (χ4n) is 1.88. The molecular formula is C13H14BrN3O3S. The lowest BCUT2D eigenvalue weighted by molar-refractivity contribution is 0.600. The maximum atomic E-state index is 12.2. The Morgan fingerprint density at radius 2 is 1.90 bits per heavy atom. The van der Waals surface area contributed by atoms with Gasteiger partial charge < -0.3 is 0 Å². The van der Waals surface area contributed by atoms with Gasteiger partial charge in [0.1, 0.15) is 0 Å². The molecule has 0 spiro atoms. The predicted octanol–water partition coefficient (Wildman–Crippen LogP) is 2.20. The van der Waals surface area contributed by atoms with Crippen LogP contribution in [0.15, 0.2) is 38.4 Å². The van der Waals surface area contributed by atoms with E-state index in [2.05, 4.69) is 30.6 Å². The molecule has 8 heteroatoms. The van der Waals surface area contributed by atoms with E-state index in [0.29, 0.717) is 17.7 Å². The summed E-state index contributed by atoms with van der Waals surface area (Å²) in [5.41, 5.74) is 0.717. The molecule has 2 aromatic rings. The van der Waals surface area contributed by atoms with Crippen molar-refractivity contribution in [3.05, 3.63) is 50.3 Å². The molecule has 0 bridgehead atoms. The third-order valence-corrected chi connectivity index (χ3v) is 4.81. The van der Waals surface area contributed by atoms with Crippen molar-refractivity contribution in [2.75, 3.05) is 4.72 Å². The number of halogens is 1. The van der Waals surface area contributed by atoms with E-state index in [-0.39, 0.29) is 16.4 Å². The molecular weight excluding hydrogens is 358 g/mol. The van der Waals surface area contributed by atoms with Gasteiger partial charge in [0.2, 0.25) is 5.95 Å². The summed E-state index contributed by atoms with van der Waals surface area (Å²) in [5.74, 6) is -0.0855. The van der Waals surface area contributed by atoms with Gasteiger partial charge in [0.15, 0.2) is 0 Å². The highest BCUT2D eigenvalue weighted by molar-refractivity contribution is 9.10. The van der Waals surface area contributed by atoms with Crippen LogP contribution in [0.4, 0.5) is 5.95 Å². The second-order valence-electron chi connectivity index (χ2n) is 4.39. The Bertz CT molecular complexity index is 814. The SMILES string of the molecule is CCc1c(C)nc(NS(=O)(=O)c2ccc(Br)cc2)[nH]c1=O. The molecule has 2 rings (SSSR count). The molecule has 0 fully saturated rings. The molecule has 1 heterocycles. The van der Waals surface area contributed by atoms with Crippen LogP contribution in [0.25, 0.3) is 0 Å². The van der Waals surface area contributed by atoms with E-state index < -0.39 is 10.0 Å². The van der Waals surface area contributed by atoms with Crippen molar-refractivity contribution in [3.63, 3.8) is 0 Å². The van der Waals surface area contributed by atoms with Gasteiger partial charge in [0, 0.05) is 15.7 Å². The summed E-state index contributed by atoms with van der Waals surface area (Å²) in [5, 5.41) is 0. The zero-order chi connectivity index (χ0) is 15.6. The first-order valence-corrected chi connectivity index (χ1v) is 8.49. The Morgan fingerprint density at radius 1 is 1.29 bits per heavy atom. The molecule has 0 atom stereocenters. The molecule has 0 unspecified atom stereocenters. The second kappa shape index (κ2) is 5.98. The Morgan fingerprint density at radius 3 is 2.43 bits per heavy atom. The zero-order valence-corrected chi connectivity index (χ0v) is 13.9. The highest BCUT2D eigenvalue weighted by Gasteiger charge is 2.16. The van der Waals surface area contributed by atoms with E-state index in [9.17, 15) is 13.2 Å². The summed E-state index contributed by atoms with van der Waals surface area (Å²) in [6.07, 6.45) is 0.536. The number of nitrogens with one attached hydrogen (secondary N) is 2. The van der Waals surface area contributed by atoms with Gasteiger partial charge in [-0.15, -0.1) is 0 Å². The minimum Gasteiger partial charge on any atom is -0.292 e. The minimum absolute atomic E-state index is 0.0855. The molecule has 2 N–H and O–H groups in total. The topological polar surface area (TPSA) is 91.9 Å². The molecule has 112 valence electrons. The van der Waals surface area contributed by atoms with E-state index in [4.69, 9.17) is 0 Å². The van der Waals surface area contributed by atoms with Crippen LogP contribution in [0.3, 0.4) is 0 Å². The van der Waals surface area contributed by atoms with Gasteiger partial charge in [-0.2, -0.15) is 0 Å². The van der Waals surface area contributed by atoms with Crippen molar-refractivity contribution in [2.24, 2.45) is 0 Å². The Hall–Kier alpha value is -1.67. The molecule has 0 aliphatic rings. The summed E-state index contributed by atoms with van der Waals surface area (Å²) in [7, 11) is -3.79.